The highest BCUT2D eigenvalue weighted by atomic mass is 16.6. The zero-order chi connectivity index (χ0) is 12.2. The van der Waals surface area contributed by atoms with Crippen molar-refractivity contribution in [1.29, 1.82) is 0 Å². The van der Waals surface area contributed by atoms with E-state index in [9.17, 15) is 10.1 Å². The molecule has 88 valence electrons. The van der Waals surface area contributed by atoms with Crippen LogP contribution < -0.4 is 5.32 Å². The van der Waals surface area contributed by atoms with Crippen molar-refractivity contribution in [2.75, 3.05) is 6.54 Å². The second-order valence-electron chi connectivity index (χ2n) is 4.58. The van der Waals surface area contributed by atoms with Crippen molar-refractivity contribution < 1.29 is 4.92 Å². The molecule has 0 heterocycles. The Morgan fingerprint density at radius 2 is 1.94 bits per heavy atom. The van der Waals surface area contributed by atoms with Gasteiger partial charge in [0, 0.05) is 24.8 Å². The SMILES string of the molecule is CC(NCC(C)(C)[N+](=O)[O-])c1ccccc1. The van der Waals surface area contributed by atoms with Crippen LogP contribution in [0.15, 0.2) is 30.3 Å². The molecular weight excluding hydrogens is 204 g/mol. The topological polar surface area (TPSA) is 55.2 Å². The van der Waals surface area contributed by atoms with Crippen molar-refractivity contribution in [3.8, 4) is 0 Å². The minimum atomic E-state index is -0.928. The van der Waals surface area contributed by atoms with Crippen LogP contribution in [0.5, 0.6) is 0 Å². The fourth-order valence-corrected chi connectivity index (χ4v) is 1.33. The summed E-state index contributed by atoms with van der Waals surface area (Å²) in [5.41, 5.74) is 0.213. The predicted molar refractivity (Wildman–Crippen MR) is 63.9 cm³/mol. The summed E-state index contributed by atoms with van der Waals surface area (Å²) in [5, 5.41) is 13.9. The van der Waals surface area contributed by atoms with Gasteiger partial charge in [0.05, 0.1) is 6.54 Å². The highest BCUT2D eigenvalue weighted by Gasteiger charge is 2.30. The van der Waals surface area contributed by atoms with Crippen LogP contribution in [0.2, 0.25) is 0 Å². The molecule has 0 saturated carbocycles. The van der Waals surface area contributed by atoms with Gasteiger partial charge in [0.2, 0.25) is 5.54 Å². The first kappa shape index (κ1) is 12.6. The second kappa shape index (κ2) is 5.07. The molecule has 1 aromatic carbocycles. The van der Waals surface area contributed by atoms with Crippen molar-refractivity contribution in [1.82, 2.24) is 5.32 Å². The molecule has 1 aromatic rings. The molecule has 0 fully saturated rings. The number of nitrogens with one attached hydrogen (secondary N) is 1. The highest BCUT2D eigenvalue weighted by molar-refractivity contribution is 5.18. The number of rotatable bonds is 5. The van der Waals surface area contributed by atoms with E-state index >= 15 is 0 Å². The van der Waals surface area contributed by atoms with E-state index in [0.717, 1.165) is 5.56 Å². The number of hydrogen-bond donors (Lipinski definition) is 1. The normalized spacial score (nSPS) is 13.4. The van der Waals surface area contributed by atoms with E-state index in [4.69, 9.17) is 0 Å². The van der Waals surface area contributed by atoms with Crippen LogP contribution in [0.25, 0.3) is 0 Å². The van der Waals surface area contributed by atoms with Gasteiger partial charge in [-0.2, -0.15) is 0 Å². The Balaban J connectivity index is 2.54. The van der Waals surface area contributed by atoms with Crippen molar-refractivity contribution in [3.63, 3.8) is 0 Å². The maximum absolute atomic E-state index is 10.7. The molecule has 0 bridgehead atoms. The maximum Gasteiger partial charge on any atom is 0.229 e. The quantitative estimate of drug-likeness (QED) is 0.614. The van der Waals surface area contributed by atoms with E-state index in [-0.39, 0.29) is 11.0 Å². The van der Waals surface area contributed by atoms with Gasteiger partial charge in [-0.3, -0.25) is 10.1 Å². The zero-order valence-electron chi connectivity index (χ0n) is 9.93. The Labute approximate surface area is 95.8 Å². The summed E-state index contributed by atoms with van der Waals surface area (Å²) >= 11 is 0. The molecule has 4 nitrogen and oxygen atoms in total. The van der Waals surface area contributed by atoms with Gasteiger partial charge < -0.3 is 5.32 Å². The predicted octanol–water partition coefficient (Wildman–Crippen LogP) is 2.39. The Morgan fingerprint density at radius 1 is 1.38 bits per heavy atom. The van der Waals surface area contributed by atoms with Crippen LogP contribution in [0.4, 0.5) is 0 Å². The van der Waals surface area contributed by atoms with Crippen molar-refractivity contribution in [2.45, 2.75) is 32.4 Å². The molecular formula is C12H18N2O2. The van der Waals surface area contributed by atoms with Crippen LogP contribution >= 0.6 is 0 Å². The smallest absolute Gasteiger partial charge is 0.229 e. The van der Waals surface area contributed by atoms with Gasteiger partial charge in [-0.05, 0) is 12.5 Å². The third-order valence-electron chi connectivity index (χ3n) is 2.63. The van der Waals surface area contributed by atoms with Gasteiger partial charge in [0.1, 0.15) is 0 Å². The Kier molecular flexibility index (Phi) is 4.01. The van der Waals surface area contributed by atoms with E-state index in [0.29, 0.717) is 6.54 Å². The summed E-state index contributed by atoms with van der Waals surface area (Å²) < 4.78 is 0. The summed E-state index contributed by atoms with van der Waals surface area (Å²) in [6.45, 7) is 5.61. The third kappa shape index (κ3) is 3.31. The highest BCUT2D eigenvalue weighted by Crippen LogP contribution is 2.13. The molecule has 1 rings (SSSR count). The molecule has 1 N–H and O–H groups in total. The number of nitro groups is 1. The Morgan fingerprint density at radius 3 is 2.44 bits per heavy atom. The van der Waals surface area contributed by atoms with Gasteiger partial charge >= 0.3 is 0 Å². The molecule has 0 aromatic heterocycles. The molecule has 0 aliphatic heterocycles. The summed E-state index contributed by atoms with van der Waals surface area (Å²) in [6, 6.07) is 10.0. The average Bonchev–Trinajstić information content (AvgIpc) is 2.27. The Hall–Kier alpha value is -1.42. The molecule has 4 heteroatoms. The first-order valence-electron chi connectivity index (χ1n) is 5.36. The standard InChI is InChI=1S/C12H18N2O2/c1-10(11-7-5-4-6-8-11)13-9-12(2,3)14(15)16/h4-8,10,13H,9H2,1-3H3. The summed E-state index contributed by atoms with van der Waals surface area (Å²) in [6.07, 6.45) is 0. The van der Waals surface area contributed by atoms with E-state index in [1.165, 1.54) is 0 Å². The average molecular weight is 222 g/mol. The zero-order valence-corrected chi connectivity index (χ0v) is 9.93. The van der Waals surface area contributed by atoms with Gasteiger partial charge in [-0.25, -0.2) is 0 Å². The van der Waals surface area contributed by atoms with Gasteiger partial charge in [0.15, 0.2) is 0 Å². The molecule has 0 spiro atoms. The van der Waals surface area contributed by atoms with Gasteiger partial charge in [-0.1, -0.05) is 30.3 Å². The molecule has 0 aliphatic rings. The lowest BCUT2D eigenvalue weighted by atomic mass is 10.0. The largest absolute Gasteiger partial charge is 0.304 e. The third-order valence-corrected chi connectivity index (χ3v) is 2.63. The van der Waals surface area contributed by atoms with E-state index in [1.54, 1.807) is 13.8 Å². The van der Waals surface area contributed by atoms with Crippen molar-refractivity contribution in [3.05, 3.63) is 46.0 Å². The van der Waals surface area contributed by atoms with Crippen LogP contribution in [-0.2, 0) is 0 Å². The van der Waals surface area contributed by atoms with Gasteiger partial charge in [-0.15, -0.1) is 0 Å². The lowest BCUT2D eigenvalue weighted by Gasteiger charge is -2.20. The van der Waals surface area contributed by atoms with Crippen molar-refractivity contribution >= 4 is 0 Å². The minimum absolute atomic E-state index is 0.125. The Bertz CT molecular complexity index is 349. The molecule has 0 amide bonds. The lowest BCUT2D eigenvalue weighted by molar-refractivity contribution is -0.558. The van der Waals surface area contributed by atoms with E-state index in [1.807, 2.05) is 37.3 Å². The maximum atomic E-state index is 10.7. The molecule has 0 aliphatic carbocycles. The fourth-order valence-electron chi connectivity index (χ4n) is 1.33. The first-order valence-corrected chi connectivity index (χ1v) is 5.36. The van der Waals surface area contributed by atoms with E-state index in [2.05, 4.69) is 5.32 Å². The van der Waals surface area contributed by atoms with Crippen LogP contribution in [0.1, 0.15) is 32.4 Å². The van der Waals surface area contributed by atoms with Gasteiger partial charge in [0.25, 0.3) is 0 Å². The summed E-state index contributed by atoms with van der Waals surface area (Å²) in [4.78, 5) is 10.5. The monoisotopic (exact) mass is 222 g/mol. The number of hydrogen-bond acceptors (Lipinski definition) is 3. The molecule has 1 atom stereocenters. The lowest BCUT2D eigenvalue weighted by Crippen LogP contribution is -2.42. The van der Waals surface area contributed by atoms with Crippen LogP contribution in [0, 0.1) is 10.1 Å². The fraction of sp³-hybridized carbons (Fsp3) is 0.500. The van der Waals surface area contributed by atoms with Crippen LogP contribution in [-0.4, -0.2) is 17.0 Å². The molecule has 16 heavy (non-hydrogen) atoms. The molecule has 1 unspecified atom stereocenters. The molecule has 0 saturated heterocycles. The minimum Gasteiger partial charge on any atom is -0.304 e. The second-order valence-corrected chi connectivity index (χ2v) is 4.58. The van der Waals surface area contributed by atoms with Crippen LogP contribution in [0.3, 0.4) is 0 Å². The number of benzene rings is 1. The first-order chi connectivity index (χ1) is 7.43. The molecule has 0 radical (unpaired) electrons. The van der Waals surface area contributed by atoms with E-state index < -0.39 is 5.54 Å². The summed E-state index contributed by atoms with van der Waals surface area (Å²) in [7, 11) is 0. The van der Waals surface area contributed by atoms with Crippen molar-refractivity contribution in [2.24, 2.45) is 0 Å². The number of nitrogens with zero attached hydrogens (tertiary/aromatic N) is 1. The summed E-state index contributed by atoms with van der Waals surface area (Å²) in [5.74, 6) is 0.